The third-order valence-corrected chi connectivity index (χ3v) is 7.82. The summed E-state index contributed by atoms with van der Waals surface area (Å²) < 4.78 is 0. The molecule has 2 heteroatoms. The minimum atomic E-state index is -0.787. The van der Waals surface area contributed by atoms with Gasteiger partial charge in [-0.1, -0.05) is 110 Å². The molecule has 0 heterocycles. The summed E-state index contributed by atoms with van der Waals surface area (Å²) in [5.74, 6) is 2.82. The van der Waals surface area contributed by atoms with Gasteiger partial charge in [0.15, 0.2) is 0 Å². The number of unbranched alkanes of at least 4 members (excludes halogenated alkanes) is 13. The van der Waals surface area contributed by atoms with Gasteiger partial charge in [-0.25, -0.2) is 0 Å². The first-order chi connectivity index (χ1) is 11.1. The molecule has 0 atom stereocenters. The molecule has 0 aliphatic rings. The highest BCUT2D eigenvalue weighted by molar-refractivity contribution is 7.99. The van der Waals surface area contributed by atoms with E-state index in [1.165, 1.54) is 107 Å². The van der Waals surface area contributed by atoms with Crippen molar-refractivity contribution in [3.8, 4) is 0 Å². The van der Waals surface area contributed by atoms with Crippen molar-refractivity contribution < 1.29 is 0 Å². The maximum atomic E-state index is 2.49. The predicted molar refractivity (Wildman–Crippen MR) is 116 cm³/mol. The van der Waals surface area contributed by atoms with Crippen molar-refractivity contribution in [2.75, 3.05) is 11.5 Å². The lowest BCUT2D eigenvalue weighted by Crippen LogP contribution is -2.19. The maximum absolute atomic E-state index is 2.49. The summed E-state index contributed by atoms with van der Waals surface area (Å²) in [6, 6.07) is 1.50. The van der Waals surface area contributed by atoms with Crippen molar-refractivity contribution in [1.82, 2.24) is 0 Å². The lowest BCUT2D eigenvalue weighted by atomic mass is 10.0. The predicted octanol–water partition coefficient (Wildman–Crippen LogP) is 8.54. The Bertz CT molecular complexity index is 222. The van der Waals surface area contributed by atoms with Crippen LogP contribution in [0.5, 0.6) is 0 Å². The zero-order valence-electron chi connectivity index (χ0n) is 16.9. The average Bonchev–Trinajstić information content (AvgIpc) is 2.49. The highest BCUT2D eigenvalue weighted by Crippen LogP contribution is 2.16. The summed E-state index contributed by atoms with van der Waals surface area (Å²) in [6.45, 7) is 9.76. The Morgan fingerprint density at radius 3 is 1.30 bits per heavy atom. The number of hydrogen-bond acceptors (Lipinski definition) is 1. The SMILES string of the molecule is CCCCCCCCCCCCCCCCSCC[Si](C)(C)C. The summed E-state index contributed by atoms with van der Waals surface area (Å²) in [4.78, 5) is 0. The largest absolute Gasteiger partial charge is 0.162 e. The van der Waals surface area contributed by atoms with Crippen LogP contribution in [0, 0.1) is 0 Å². The minimum Gasteiger partial charge on any atom is -0.162 e. The highest BCUT2D eigenvalue weighted by atomic mass is 32.2. The first kappa shape index (κ1) is 23.6. The minimum absolute atomic E-state index is 0.787. The van der Waals surface area contributed by atoms with Gasteiger partial charge in [-0.15, -0.1) is 0 Å². The third-order valence-electron chi connectivity index (χ3n) is 4.64. The number of hydrogen-bond donors (Lipinski definition) is 0. The number of rotatable bonds is 18. The molecule has 140 valence electrons. The molecule has 0 nitrogen and oxygen atoms in total. The van der Waals surface area contributed by atoms with Crippen LogP contribution in [-0.2, 0) is 0 Å². The van der Waals surface area contributed by atoms with Crippen LogP contribution in [0.2, 0.25) is 25.7 Å². The van der Waals surface area contributed by atoms with Crippen molar-refractivity contribution in [3.63, 3.8) is 0 Å². The van der Waals surface area contributed by atoms with Crippen LogP contribution in [0.15, 0.2) is 0 Å². The van der Waals surface area contributed by atoms with E-state index in [1.807, 2.05) is 0 Å². The van der Waals surface area contributed by atoms with Gasteiger partial charge in [0, 0.05) is 8.07 Å². The Morgan fingerprint density at radius 2 is 0.913 bits per heavy atom. The summed E-state index contributed by atoms with van der Waals surface area (Å²) >= 11 is 2.20. The normalized spacial score (nSPS) is 12.0. The standard InChI is InChI=1S/C21H46SSi/c1-5-6-7-8-9-10-11-12-13-14-15-16-17-18-19-22-20-21-23(2,3)4/h5-21H2,1-4H3. The van der Waals surface area contributed by atoms with E-state index < -0.39 is 8.07 Å². The monoisotopic (exact) mass is 358 g/mol. The second kappa shape index (κ2) is 17.4. The first-order valence-corrected chi connectivity index (χ1v) is 15.5. The van der Waals surface area contributed by atoms with Gasteiger partial charge in [0.1, 0.15) is 0 Å². The van der Waals surface area contributed by atoms with E-state index in [4.69, 9.17) is 0 Å². The molecule has 0 rings (SSSR count). The van der Waals surface area contributed by atoms with Crippen molar-refractivity contribution in [3.05, 3.63) is 0 Å². The molecule has 0 fully saturated rings. The van der Waals surface area contributed by atoms with Crippen LogP contribution >= 0.6 is 11.8 Å². The molecule has 0 aromatic carbocycles. The summed E-state index contributed by atoms with van der Waals surface area (Å²) in [6.07, 6.45) is 20.5. The van der Waals surface area contributed by atoms with Gasteiger partial charge in [-0.2, -0.15) is 11.8 Å². The van der Waals surface area contributed by atoms with Crippen LogP contribution in [0.3, 0.4) is 0 Å². The van der Waals surface area contributed by atoms with Gasteiger partial charge in [0.2, 0.25) is 0 Å². The maximum Gasteiger partial charge on any atom is 0.0450 e. The molecule has 0 spiro atoms. The first-order valence-electron chi connectivity index (χ1n) is 10.6. The van der Waals surface area contributed by atoms with Gasteiger partial charge in [-0.05, 0) is 24.0 Å². The van der Waals surface area contributed by atoms with Crippen LogP contribution in [-0.4, -0.2) is 19.6 Å². The molecule has 23 heavy (non-hydrogen) atoms. The van der Waals surface area contributed by atoms with Gasteiger partial charge >= 0.3 is 0 Å². The quantitative estimate of drug-likeness (QED) is 0.175. The zero-order valence-corrected chi connectivity index (χ0v) is 18.7. The van der Waals surface area contributed by atoms with Crippen LogP contribution in [0.1, 0.15) is 96.8 Å². The third kappa shape index (κ3) is 22.6. The Hall–Kier alpha value is 0.567. The molecule has 0 aromatic heterocycles. The van der Waals surface area contributed by atoms with Crippen molar-refractivity contribution in [1.29, 1.82) is 0 Å². The Balaban J connectivity index is 3.00. The molecule has 0 N–H and O–H groups in total. The molecule has 0 radical (unpaired) electrons. The molecule has 0 amide bonds. The molecule has 0 aliphatic heterocycles. The Kier molecular flexibility index (Phi) is 17.8. The second-order valence-corrected chi connectivity index (χ2v) is 15.4. The molecule has 0 saturated heterocycles. The molecule has 0 aliphatic carbocycles. The van der Waals surface area contributed by atoms with E-state index in [0.29, 0.717) is 0 Å². The molecule has 0 aromatic rings. The van der Waals surface area contributed by atoms with Crippen molar-refractivity contribution in [2.45, 2.75) is 123 Å². The van der Waals surface area contributed by atoms with E-state index in [1.54, 1.807) is 0 Å². The smallest absolute Gasteiger partial charge is 0.0450 e. The summed E-state index contributed by atoms with van der Waals surface area (Å²) in [5.41, 5.74) is 0. The van der Waals surface area contributed by atoms with E-state index in [2.05, 4.69) is 38.3 Å². The molecular formula is C21H46SSi. The molecule has 0 saturated carbocycles. The van der Waals surface area contributed by atoms with E-state index in [9.17, 15) is 0 Å². The average molecular weight is 359 g/mol. The topological polar surface area (TPSA) is 0 Å². The van der Waals surface area contributed by atoms with Gasteiger partial charge in [0.25, 0.3) is 0 Å². The fraction of sp³-hybridized carbons (Fsp3) is 1.00. The lowest BCUT2D eigenvalue weighted by Gasteiger charge is -2.14. The molecule has 0 bridgehead atoms. The fourth-order valence-corrected chi connectivity index (χ4v) is 6.52. The number of thioether (sulfide) groups is 1. The Morgan fingerprint density at radius 1 is 0.522 bits per heavy atom. The van der Waals surface area contributed by atoms with Crippen molar-refractivity contribution >= 4 is 19.8 Å². The van der Waals surface area contributed by atoms with Crippen LogP contribution < -0.4 is 0 Å². The van der Waals surface area contributed by atoms with Gasteiger partial charge < -0.3 is 0 Å². The second-order valence-electron chi connectivity index (χ2n) is 8.52. The zero-order chi connectivity index (χ0) is 17.2. The van der Waals surface area contributed by atoms with E-state index >= 15 is 0 Å². The molecular weight excluding hydrogens is 312 g/mol. The molecule has 0 unspecified atom stereocenters. The van der Waals surface area contributed by atoms with Gasteiger partial charge in [0.05, 0.1) is 0 Å². The van der Waals surface area contributed by atoms with E-state index in [0.717, 1.165) is 0 Å². The summed E-state index contributed by atoms with van der Waals surface area (Å²) in [5, 5.41) is 0. The lowest BCUT2D eigenvalue weighted by molar-refractivity contribution is 0.538. The van der Waals surface area contributed by atoms with E-state index in [-0.39, 0.29) is 0 Å². The van der Waals surface area contributed by atoms with Gasteiger partial charge in [-0.3, -0.25) is 0 Å². The van der Waals surface area contributed by atoms with Crippen molar-refractivity contribution in [2.24, 2.45) is 0 Å². The van der Waals surface area contributed by atoms with Crippen LogP contribution in [0.4, 0.5) is 0 Å². The highest BCUT2D eigenvalue weighted by Gasteiger charge is 2.11. The van der Waals surface area contributed by atoms with Crippen LogP contribution in [0.25, 0.3) is 0 Å². The summed E-state index contributed by atoms with van der Waals surface area (Å²) in [7, 11) is -0.787. The fourth-order valence-electron chi connectivity index (χ4n) is 2.88. The Labute approximate surface area is 154 Å².